The van der Waals surface area contributed by atoms with E-state index in [2.05, 4.69) is 28.5 Å². The van der Waals surface area contributed by atoms with E-state index in [4.69, 9.17) is 24.7 Å². The van der Waals surface area contributed by atoms with Gasteiger partial charge in [-0.2, -0.15) is 0 Å². The summed E-state index contributed by atoms with van der Waals surface area (Å²) in [4.78, 5) is 16.5. The number of aromatic hydroxyl groups is 2. The molecule has 5 N–H and O–H groups in total. The van der Waals surface area contributed by atoms with Crippen molar-refractivity contribution in [1.82, 2.24) is 10.3 Å². The first-order valence-corrected chi connectivity index (χ1v) is 19.0. The molecule has 4 atom stereocenters. The number of phenols is 2. The zero-order valence-electron chi connectivity index (χ0n) is 30.5. The van der Waals surface area contributed by atoms with Crippen molar-refractivity contribution < 1.29 is 34.0 Å². The molecule has 3 aromatic carbocycles. The topological polar surface area (TPSA) is 145 Å². The number of nitrogens with two attached hydrogens (primary N) is 1. The van der Waals surface area contributed by atoms with E-state index >= 15 is 0 Å². The van der Waals surface area contributed by atoms with Crippen LogP contribution in [0.2, 0.25) is 0 Å². The Morgan fingerprint density at radius 2 is 1.91 bits per heavy atom. The van der Waals surface area contributed by atoms with Crippen LogP contribution in [0.15, 0.2) is 60.8 Å². The van der Waals surface area contributed by atoms with Gasteiger partial charge in [0.25, 0.3) is 0 Å². The molecule has 53 heavy (non-hydrogen) atoms. The van der Waals surface area contributed by atoms with E-state index in [1.165, 1.54) is 32.6 Å². The molecular formula is C43H49N3O7. The number of fused-ring (bicyclic) bond motifs is 6. The number of anilines is 1. The van der Waals surface area contributed by atoms with Crippen LogP contribution < -0.4 is 25.3 Å². The Hall–Kier alpha value is -4.96. The second kappa shape index (κ2) is 14.5. The Morgan fingerprint density at radius 1 is 1.06 bits per heavy atom. The first kappa shape index (κ1) is 35.1. The SMILES string of the molecule is COc1cc(O)cc2c1-c1ccc3c(c1C1(CCC(Cc4ccc(N)nc4)C1)C2)OC(c1ccc(O)c(OCCNC2CCCC2)c1)C3COC(C)=O. The fourth-order valence-electron chi connectivity index (χ4n) is 9.59. The maximum Gasteiger partial charge on any atom is 0.302 e. The van der Waals surface area contributed by atoms with Gasteiger partial charge in [0.2, 0.25) is 0 Å². The van der Waals surface area contributed by atoms with Crippen LogP contribution in [0.1, 0.15) is 91.7 Å². The van der Waals surface area contributed by atoms with Crippen molar-refractivity contribution >= 4 is 11.8 Å². The number of rotatable bonds is 11. The van der Waals surface area contributed by atoms with Gasteiger partial charge in [-0.3, -0.25) is 4.79 Å². The summed E-state index contributed by atoms with van der Waals surface area (Å²) in [5, 5.41) is 25.1. The van der Waals surface area contributed by atoms with Gasteiger partial charge in [0.05, 0.1) is 13.0 Å². The summed E-state index contributed by atoms with van der Waals surface area (Å²) in [6, 6.07) is 17.6. The van der Waals surface area contributed by atoms with Gasteiger partial charge in [-0.05, 0) is 97.4 Å². The number of nitrogen functional groups attached to an aromatic ring is 1. The van der Waals surface area contributed by atoms with Gasteiger partial charge in [0.15, 0.2) is 11.5 Å². The molecule has 2 saturated carbocycles. The standard InChI is InChI=1S/C43H49N3O7/c1-25(47)52-24-34-32-9-10-33-39-29(18-31(48)20-37(39)50-2)22-43(14-13-26(21-43)17-27-7-12-38(44)46-23-27)40(33)42(32)53-41(34)28-8-11-35(49)36(19-28)51-16-15-45-30-5-3-4-6-30/h7-12,18-20,23,26,30,34,41,45,48-49H,3-6,13-17,21-22,24H2,1-2H3,(H2,44,46). The van der Waals surface area contributed by atoms with Crippen LogP contribution in [0.25, 0.3) is 11.1 Å². The average molecular weight is 720 g/mol. The van der Waals surface area contributed by atoms with Crippen molar-refractivity contribution in [3.05, 3.63) is 88.6 Å². The number of carbonyl (C=O) groups excluding carboxylic acids is 1. The molecule has 278 valence electrons. The van der Waals surface area contributed by atoms with E-state index in [1.807, 2.05) is 30.5 Å². The largest absolute Gasteiger partial charge is 0.508 e. The highest BCUT2D eigenvalue weighted by Gasteiger charge is 2.50. The van der Waals surface area contributed by atoms with E-state index in [1.54, 1.807) is 19.2 Å². The lowest BCUT2D eigenvalue weighted by atomic mass is 9.65. The van der Waals surface area contributed by atoms with Gasteiger partial charge in [-0.25, -0.2) is 4.98 Å². The number of carbonyl (C=O) groups is 1. The second-order valence-electron chi connectivity index (χ2n) is 15.4. The third-order valence-electron chi connectivity index (χ3n) is 11.9. The number of nitrogens with zero attached hydrogens (tertiary/aromatic N) is 1. The van der Waals surface area contributed by atoms with Crippen molar-refractivity contribution in [2.24, 2.45) is 5.92 Å². The number of hydrogen-bond acceptors (Lipinski definition) is 10. The van der Waals surface area contributed by atoms with Crippen molar-refractivity contribution in [3.63, 3.8) is 0 Å². The molecule has 4 unspecified atom stereocenters. The normalized spacial score (nSPS) is 22.9. The third kappa shape index (κ3) is 6.85. The maximum atomic E-state index is 12.2. The van der Waals surface area contributed by atoms with Crippen LogP contribution in [0.4, 0.5) is 5.82 Å². The van der Waals surface area contributed by atoms with Crippen molar-refractivity contribution in [2.75, 3.05) is 32.6 Å². The monoisotopic (exact) mass is 719 g/mol. The molecule has 3 aliphatic carbocycles. The summed E-state index contributed by atoms with van der Waals surface area (Å²) in [5.41, 5.74) is 12.8. The summed E-state index contributed by atoms with van der Waals surface area (Å²) < 4.78 is 24.8. The van der Waals surface area contributed by atoms with E-state index in [0.717, 1.165) is 76.8 Å². The number of pyridine rings is 1. The van der Waals surface area contributed by atoms with Crippen LogP contribution in [-0.2, 0) is 27.8 Å². The summed E-state index contributed by atoms with van der Waals surface area (Å²) in [7, 11) is 1.63. The minimum Gasteiger partial charge on any atom is -0.508 e. The molecular weight excluding hydrogens is 670 g/mol. The lowest BCUT2D eigenvalue weighted by molar-refractivity contribution is -0.141. The average Bonchev–Trinajstić information content (AvgIpc) is 3.90. The van der Waals surface area contributed by atoms with Gasteiger partial charge in [0, 0.05) is 53.9 Å². The number of aromatic nitrogens is 1. The Labute approximate surface area is 310 Å². The fraction of sp³-hybridized carbons (Fsp3) is 0.442. The van der Waals surface area contributed by atoms with Gasteiger partial charge < -0.3 is 40.2 Å². The predicted octanol–water partition coefficient (Wildman–Crippen LogP) is 7.28. The number of phenolic OH excluding ortho intramolecular Hbond substituents is 2. The molecule has 0 amide bonds. The van der Waals surface area contributed by atoms with Gasteiger partial charge >= 0.3 is 5.97 Å². The second-order valence-corrected chi connectivity index (χ2v) is 15.4. The minimum absolute atomic E-state index is 0.0678. The van der Waals surface area contributed by atoms with Crippen LogP contribution in [0, 0.1) is 5.92 Å². The van der Waals surface area contributed by atoms with Gasteiger partial charge in [-0.15, -0.1) is 0 Å². The third-order valence-corrected chi connectivity index (χ3v) is 11.9. The van der Waals surface area contributed by atoms with Crippen molar-refractivity contribution in [1.29, 1.82) is 0 Å². The number of methoxy groups -OCH3 is 1. The van der Waals surface area contributed by atoms with Crippen LogP contribution >= 0.6 is 0 Å². The smallest absolute Gasteiger partial charge is 0.302 e. The van der Waals surface area contributed by atoms with Crippen LogP contribution in [0.3, 0.4) is 0 Å². The summed E-state index contributed by atoms with van der Waals surface area (Å²) in [6.45, 7) is 2.69. The molecule has 1 aromatic heterocycles. The first-order chi connectivity index (χ1) is 25.7. The number of hydrogen-bond donors (Lipinski definition) is 4. The Morgan fingerprint density at radius 3 is 2.68 bits per heavy atom. The van der Waals surface area contributed by atoms with E-state index < -0.39 is 6.10 Å². The molecule has 10 heteroatoms. The minimum atomic E-state index is -0.492. The Kier molecular flexibility index (Phi) is 9.57. The molecule has 1 aliphatic heterocycles. The Balaban J connectivity index is 1.17. The molecule has 2 heterocycles. The fourth-order valence-corrected chi connectivity index (χ4v) is 9.59. The van der Waals surface area contributed by atoms with Gasteiger partial charge in [0.1, 0.15) is 42.4 Å². The zero-order valence-corrected chi connectivity index (χ0v) is 30.5. The quantitative estimate of drug-likeness (QED) is 0.0922. The molecule has 10 nitrogen and oxygen atoms in total. The molecule has 8 rings (SSSR count). The maximum absolute atomic E-state index is 12.2. The van der Waals surface area contributed by atoms with Crippen molar-refractivity contribution in [2.45, 2.75) is 88.2 Å². The highest BCUT2D eigenvalue weighted by atomic mass is 16.5. The van der Waals surface area contributed by atoms with E-state index in [9.17, 15) is 15.0 Å². The lowest BCUT2D eigenvalue weighted by Gasteiger charge is -2.39. The zero-order chi connectivity index (χ0) is 36.7. The molecule has 0 saturated heterocycles. The number of ether oxygens (including phenoxy) is 4. The summed E-state index contributed by atoms with van der Waals surface area (Å²) >= 11 is 0. The predicted molar refractivity (Wildman–Crippen MR) is 202 cm³/mol. The molecule has 1 spiro atoms. The van der Waals surface area contributed by atoms with Crippen LogP contribution in [-0.4, -0.2) is 54.1 Å². The number of esters is 1. The first-order valence-electron chi connectivity index (χ1n) is 19.0. The highest BCUT2D eigenvalue weighted by molar-refractivity contribution is 5.84. The van der Waals surface area contributed by atoms with Crippen LogP contribution in [0.5, 0.6) is 28.7 Å². The van der Waals surface area contributed by atoms with Crippen molar-refractivity contribution in [3.8, 4) is 39.9 Å². The highest BCUT2D eigenvalue weighted by Crippen LogP contribution is 2.62. The van der Waals surface area contributed by atoms with E-state index in [0.29, 0.717) is 42.4 Å². The summed E-state index contributed by atoms with van der Waals surface area (Å²) in [6.07, 6.45) is 10.8. The number of nitrogens with one attached hydrogen (secondary N) is 1. The van der Waals surface area contributed by atoms with Gasteiger partial charge in [-0.1, -0.05) is 37.1 Å². The molecule has 0 bridgehead atoms. The molecule has 4 aromatic rings. The molecule has 4 aliphatic rings. The lowest BCUT2D eigenvalue weighted by Crippen LogP contribution is -2.31. The Bertz CT molecular complexity index is 1990. The molecule has 0 radical (unpaired) electrons. The summed E-state index contributed by atoms with van der Waals surface area (Å²) in [5.74, 6) is 2.34. The number of benzene rings is 3. The molecule has 2 fully saturated rings. The van der Waals surface area contributed by atoms with E-state index in [-0.39, 0.29) is 35.4 Å².